The number of aliphatic hydroxyl groups excluding tert-OH is 1. The number of rotatable bonds is 16. The van der Waals surface area contributed by atoms with E-state index in [1.54, 1.807) is 17.1 Å². The monoisotopic (exact) mass is 763 g/mol. The number of para-hydroxylation sites is 1. The number of aliphatic hydroxyl groups is 1. The minimum Gasteiger partial charge on any atom is -0.463 e. The lowest BCUT2D eigenvalue weighted by molar-refractivity contribution is -0.146. The van der Waals surface area contributed by atoms with Crippen LogP contribution in [0.5, 0.6) is 0 Å². The molecule has 0 radical (unpaired) electrons. The molecule has 0 aliphatic carbocycles. The summed E-state index contributed by atoms with van der Waals surface area (Å²) in [6.07, 6.45) is 4.00. The summed E-state index contributed by atoms with van der Waals surface area (Å²) in [5.74, 6) is -3.42. The molecule has 3 saturated heterocycles. The first kappa shape index (κ1) is 38.4. The van der Waals surface area contributed by atoms with E-state index >= 15 is 4.79 Å². The van der Waals surface area contributed by atoms with Crippen LogP contribution in [0.3, 0.4) is 0 Å². The van der Waals surface area contributed by atoms with E-state index in [2.05, 4.69) is 34.4 Å². The summed E-state index contributed by atoms with van der Waals surface area (Å²) in [5.41, 5.74) is 1.90. The molecule has 2 N–H and O–H groups in total. The second-order valence-corrected chi connectivity index (χ2v) is 15.5. The zero-order valence-corrected chi connectivity index (χ0v) is 31.5. The topological polar surface area (TPSA) is 125 Å². The smallest absolute Gasteiger partial charge is 0.306 e. The molecule has 274 valence electrons. The molecule has 8 atom stereocenters. The summed E-state index contributed by atoms with van der Waals surface area (Å²) in [4.78, 5) is 59.8. The first-order valence-corrected chi connectivity index (χ1v) is 18.7. The van der Waals surface area contributed by atoms with Gasteiger partial charge in [-0.15, -0.1) is 13.2 Å². The van der Waals surface area contributed by atoms with Gasteiger partial charge in [-0.1, -0.05) is 90.5 Å². The Balaban J connectivity index is 1.55. The van der Waals surface area contributed by atoms with Crippen LogP contribution in [0.25, 0.3) is 0 Å². The largest absolute Gasteiger partial charge is 0.463 e. The fourth-order valence-electron chi connectivity index (χ4n) is 8.30. The Labute approximate surface area is 309 Å². The van der Waals surface area contributed by atoms with Gasteiger partial charge in [0.15, 0.2) is 0 Å². The van der Waals surface area contributed by atoms with E-state index in [1.807, 2.05) is 76.2 Å². The van der Waals surface area contributed by atoms with E-state index in [-0.39, 0.29) is 48.7 Å². The van der Waals surface area contributed by atoms with Crippen LogP contribution in [-0.4, -0.2) is 82.1 Å². The predicted molar refractivity (Wildman–Crippen MR) is 199 cm³/mol. The number of alkyl halides is 1. The molecule has 3 aliphatic heterocycles. The highest BCUT2D eigenvalue weighted by atomic mass is 79.9. The van der Waals surface area contributed by atoms with Gasteiger partial charge >= 0.3 is 5.97 Å². The third-order valence-corrected chi connectivity index (χ3v) is 11.2. The van der Waals surface area contributed by atoms with Crippen molar-refractivity contribution in [2.24, 2.45) is 17.8 Å². The summed E-state index contributed by atoms with van der Waals surface area (Å²) in [7, 11) is 0. The van der Waals surface area contributed by atoms with Crippen molar-refractivity contribution in [2.75, 3.05) is 24.7 Å². The first-order valence-electron chi connectivity index (χ1n) is 17.7. The van der Waals surface area contributed by atoms with Crippen molar-refractivity contribution >= 4 is 45.3 Å². The van der Waals surface area contributed by atoms with E-state index < -0.39 is 53.5 Å². The number of anilines is 1. The fraction of sp³-hybridized carbons (Fsp3) is 0.500. The lowest BCUT2D eigenvalue weighted by atomic mass is 9.70. The standard InChI is InChI=1S/C40H50BrN3O7/c1-7-9-18-31(46)50-23-30(27-16-11-10-12-17-27)42-37(47)32-33-38(48)44(28(22-45)20-24(3)4)36(40(33)21-29(41)35(32)51-40)39(49)43(19-8-2)34-25(5)14-13-15-26(34)6/h7-8,10-17,24,28-30,32-33,35-36,45H,1-2,9,18-23H2,3-6H3,(H,42,47)/t28-,29?,30-,32+,33-,35+,36+,40-/m1/s1. The van der Waals surface area contributed by atoms with Crippen LogP contribution < -0.4 is 10.2 Å². The fourth-order valence-corrected chi connectivity index (χ4v) is 9.25. The molecule has 2 aromatic rings. The SMILES string of the molecule is C=CCCC(=O)OC[C@@H](NC(=O)[C@@H]1[C@H]2O[C@@]3(CC2Br)[C@H](C(=O)N(CC=C)c2c(C)cccc2C)N([C@@H](CO)CC(C)C)C(=O)[C@@H]13)c1ccccc1. The van der Waals surface area contributed by atoms with E-state index in [9.17, 15) is 19.5 Å². The highest BCUT2D eigenvalue weighted by Crippen LogP contribution is 2.61. The van der Waals surface area contributed by atoms with Gasteiger partial charge in [-0.2, -0.15) is 0 Å². The van der Waals surface area contributed by atoms with Crippen molar-refractivity contribution in [3.63, 3.8) is 0 Å². The van der Waals surface area contributed by atoms with Crippen molar-refractivity contribution in [1.82, 2.24) is 10.2 Å². The molecule has 3 heterocycles. The molecule has 10 nitrogen and oxygen atoms in total. The van der Waals surface area contributed by atoms with Crippen LogP contribution in [0, 0.1) is 31.6 Å². The first-order chi connectivity index (χ1) is 24.4. The lowest BCUT2D eigenvalue weighted by Gasteiger charge is -2.40. The van der Waals surface area contributed by atoms with Gasteiger partial charge in [-0.3, -0.25) is 19.2 Å². The summed E-state index contributed by atoms with van der Waals surface area (Å²) in [6.45, 7) is 15.2. The number of hydrogen-bond acceptors (Lipinski definition) is 7. The molecule has 3 aliphatic rings. The van der Waals surface area contributed by atoms with Gasteiger partial charge in [0.2, 0.25) is 11.8 Å². The number of amides is 3. The van der Waals surface area contributed by atoms with Crippen molar-refractivity contribution in [3.8, 4) is 0 Å². The Bertz CT molecular complexity index is 1610. The molecule has 0 saturated carbocycles. The molecule has 3 amide bonds. The van der Waals surface area contributed by atoms with Crippen LogP contribution in [0.2, 0.25) is 0 Å². The Morgan fingerprint density at radius 1 is 1.12 bits per heavy atom. The number of carbonyl (C=O) groups excluding carboxylic acids is 4. The Morgan fingerprint density at radius 2 is 1.80 bits per heavy atom. The molecule has 11 heteroatoms. The number of aryl methyl sites for hydroxylation is 2. The number of halogens is 1. The van der Waals surface area contributed by atoms with Crippen LogP contribution >= 0.6 is 15.9 Å². The Morgan fingerprint density at radius 3 is 2.41 bits per heavy atom. The van der Waals surface area contributed by atoms with Crippen LogP contribution in [-0.2, 0) is 28.7 Å². The van der Waals surface area contributed by atoms with Gasteiger partial charge in [0.05, 0.1) is 36.6 Å². The molecule has 2 aromatic carbocycles. The highest BCUT2D eigenvalue weighted by molar-refractivity contribution is 9.09. The van der Waals surface area contributed by atoms with E-state index in [0.717, 1.165) is 22.4 Å². The second kappa shape index (κ2) is 16.3. The molecular formula is C40H50BrN3O7. The van der Waals surface area contributed by atoms with Gasteiger partial charge in [0.1, 0.15) is 18.2 Å². The van der Waals surface area contributed by atoms with E-state index in [0.29, 0.717) is 19.3 Å². The zero-order valence-electron chi connectivity index (χ0n) is 29.9. The van der Waals surface area contributed by atoms with Crippen LogP contribution in [0.15, 0.2) is 73.8 Å². The number of nitrogens with zero attached hydrogens (tertiary/aromatic N) is 2. The highest BCUT2D eigenvalue weighted by Gasteiger charge is 2.77. The molecule has 5 rings (SSSR count). The molecule has 51 heavy (non-hydrogen) atoms. The normalized spacial score (nSPS) is 26.1. The van der Waals surface area contributed by atoms with Gasteiger partial charge < -0.3 is 29.7 Å². The lowest BCUT2D eigenvalue weighted by Crippen LogP contribution is -2.59. The van der Waals surface area contributed by atoms with Gasteiger partial charge in [0.25, 0.3) is 5.91 Å². The third-order valence-electron chi connectivity index (χ3n) is 10.4. The van der Waals surface area contributed by atoms with Crippen molar-refractivity contribution in [2.45, 2.75) is 88.0 Å². The maximum absolute atomic E-state index is 15.1. The number of allylic oxidation sites excluding steroid dienone is 1. The second-order valence-electron chi connectivity index (χ2n) is 14.3. The Kier molecular flexibility index (Phi) is 12.2. The van der Waals surface area contributed by atoms with Crippen LogP contribution in [0.1, 0.15) is 62.3 Å². The summed E-state index contributed by atoms with van der Waals surface area (Å²) in [6, 6.07) is 12.5. The average molecular weight is 765 g/mol. The molecule has 1 unspecified atom stereocenters. The summed E-state index contributed by atoms with van der Waals surface area (Å²) >= 11 is 3.76. The number of esters is 1. The van der Waals surface area contributed by atoms with Crippen molar-refractivity contribution in [1.29, 1.82) is 0 Å². The van der Waals surface area contributed by atoms with Gasteiger partial charge in [0, 0.05) is 23.5 Å². The molecule has 3 fully saturated rings. The number of benzene rings is 2. The Hall–Kier alpha value is -3.80. The third kappa shape index (κ3) is 7.43. The minimum absolute atomic E-state index is 0.104. The molecule has 2 bridgehead atoms. The zero-order chi connectivity index (χ0) is 37.0. The average Bonchev–Trinajstić information content (AvgIpc) is 3.70. The molecule has 1 spiro atoms. The number of nitrogens with one attached hydrogen (secondary N) is 1. The molecular weight excluding hydrogens is 714 g/mol. The minimum atomic E-state index is -1.34. The van der Waals surface area contributed by atoms with Gasteiger partial charge in [-0.25, -0.2) is 0 Å². The number of carbonyl (C=O) groups is 4. The van der Waals surface area contributed by atoms with E-state index in [1.165, 1.54) is 4.90 Å². The molecule has 0 aromatic heterocycles. The quantitative estimate of drug-likeness (QED) is 0.134. The predicted octanol–water partition coefficient (Wildman–Crippen LogP) is 5.34. The van der Waals surface area contributed by atoms with Crippen LogP contribution in [0.4, 0.5) is 5.69 Å². The van der Waals surface area contributed by atoms with Gasteiger partial charge in [-0.05, 0) is 55.7 Å². The number of ether oxygens (including phenoxy) is 2. The maximum atomic E-state index is 15.1. The van der Waals surface area contributed by atoms with E-state index in [4.69, 9.17) is 9.47 Å². The number of hydrogen-bond donors (Lipinski definition) is 2. The number of fused-ring (bicyclic) bond motifs is 1. The summed E-state index contributed by atoms with van der Waals surface area (Å²) < 4.78 is 12.4. The van der Waals surface area contributed by atoms with Crippen molar-refractivity contribution < 1.29 is 33.8 Å². The maximum Gasteiger partial charge on any atom is 0.306 e. The van der Waals surface area contributed by atoms with Crippen molar-refractivity contribution in [3.05, 3.63) is 90.5 Å². The number of likely N-dealkylation sites (tertiary alicyclic amines) is 1. The summed E-state index contributed by atoms with van der Waals surface area (Å²) in [5, 5.41) is 13.8.